The van der Waals surface area contributed by atoms with Crippen molar-refractivity contribution in [1.82, 2.24) is 15.5 Å². The molecule has 0 aromatic heterocycles. The van der Waals surface area contributed by atoms with Gasteiger partial charge >= 0.3 is 0 Å². The van der Waals surface area contributed by atoms with Gasteiger partial charge in [0.15, 0.2) is 0 Å². The summed E-state index contributed by atoms with van der Waals surface area (Å²) in [6.45, 7) is 0. The Bertz CT molecular complexity index is 827. The molecular weight excluding hydrogens is 406 g/mol. The minimum absolute atomic E-state index is 0.0630. The number of nitrogens with zero attached hydrogens (tertiary/aromatic N) is 1. The fraction of sp³-hybridized carbons (Fsp3) is 0.800. The molecule has 0 aromatic rings. The second-order valence-corrected chi connectivity index (χ2v) is 10.9. The molecular formula is C25H35N3O4. The minimum atomic E-state index is -1.00. The predicted molar refractivity (Wildman–Crippen MR) is 117 cm³/mol. The Morgan fingerprint density at radius 3 is 2.06 bits per heavy atom. The van der Waals surface area contributed by atoms with Gasteiger partial charge in [0.25, 0.3) is 0 Å². The van der Waals surface area contributed by atoms with Gasteiger partial charge in [-0.3, -0.25) is 14.4 Å². The van der Waals surface area contributed by atoms with E-state index in [0.29, 0.717) is 0 Å². The van der Waals surface area contributed by atoms with Crippen LogP contribution in [0.15, 0.2) is 12.2 Å². The van der Waals surface area contributed by atoms with E-state index in [1.165, 1.54) is 12.8 Å². The molecule has 3 saturated carbocycles. The monoisotopic (exact) mass is 441 g/mol. The van der Waals surface area contributed by atoms with Gasteiger partial charge in [-0.15, -0.1) is 0 Å². The average molecular weight is 442 g/mol. The molecule has 0 aromatic carbocycles. The van der Waals surface area contributed by atoms with Gasteiger partial charge in [-0.05, 0) is 38.5 Å². The van der Waals surface area contributed by atoms with Crippen LogP contribution in [0.4, 0.5) is 0 Å². The number of likely N-dealkylation sites (tertiary alicyclic amines) is 1. The lowest BCUT2D eigenvalue weighted by Crippen LogP contribution is -2.57. The van der Waals surface area contributed by atoms with E-state index >= 15 is 0 Å². The molecule has 2 saturated heterocycles. The number of nitrogens with one attached hydrogen (secondary N) is 2. The molecule has 0 radical (unpaired) electrons. The number of ether oxygens (including phenoxy) is 1. The summed E-state index contributed by atoms with van der Waals surface area (Å²) in [4.78, 5) is 42.5. The third kappa shape index (κ3) is 3.22. The first-order chi connectivity index (χ1) is 15.6. The van der Waals surface area contributed by atoms with Crippen LogP contribution in [0.1, 0.15) is 77.0 Å². The Hall–Kier alpha value is -1.89. The first-order valence-electron chi connectivity index (χ1n) is 12.9. The smallest absolute Gasteiger partial charge is 0.246 e. The maximum absolute atomic E-state index is 13.7. The van der Waals surface area contributed by atoms with E-state index in [1.807, 2.05) is 12.2 Å². The summed E-state index contributed by atoms with van der Waals surface area (Å²) in [5.41, 5.74) is -1.00. The quantitative estimate of drug-likeness (QED) is 0.641. The van der Waals surface area contributed by atoms with Crippen LogP contribution < -0.4 is 10.6 Å². The maximum atomic E-state index is 13.7. The summed E-state index contributed by atoms with van der Waals surface area (Å²) in [6.07, 6.45) is 16.3. The molecule has 6 aliphatic rings. The summed E-state index contributed by atoms with van der Waals surface area (Å²) in [6, 6.07) is -0.196. The van der Waals surface area contributed by atoms with Gasteiger partial charge in [-0.25, -0.2) is 0 Å². The number of hydrogen-bond donors (Lipinski definition) is 2. The van der Waals surface area contributed by atoms with Crippen molar-refractivity contribution < 1.29 is 19.1 Å². The highest BCUT2D eigenvalue weighted by Crippen LogP contribution is 2.57. The Kier molecular flexibility index (Phi) is 5.08. The summed E-state index contributed by atoms with van der Waals surface area (Å²) in [5, 5.41) is 6.47. The zero-order valence-corrected chi connectivity index (χ0v) is 18.8. The molecule has 174 valence electrons. The van der Waals surface area contributed by atoms with Crippen LogP contribution in [0.3, 0.4) is 0 Å². The Balaban J connectivity index is 1.26. The topological polar surface area (TPSA) is 87.7 Å². The Labute approximate surface area is 189 Å². The second-order valence-electron chi connectivity index (χ2n) is 10.9. The molecule has 3 amide bonds. The Morgan fingerprint density at radius 2 is 1.47 bits per heavy atom. The molecule has 5 atom stereocenters. The van der Waals surface area contributed by atoms with Crippen LogP contribution in [-0.2, 0) is 19.1 Å². The van der Waals surface area contributed by atoms with E-state index in [-0.39, 0.29) is 35.8 Å². The first kappa shape index (κ1) is 20.7. The number of carbonyl (C=O) groups excluding carboxylic acids is 3. The van der Waals surface area contributed by atoms with E-state index in [9.17, 15) is 14.4 Å². The maximum Gasteiger partial charge on any atom is 0.246 e. The standard InChI is InChI=1S/C25H35N3O4/c29-22(26-15-7-3-1-4-8-15)19-18-13-14-25(32-18)20(19)24(31)28(17-11-12-17)21(25)23(30)27-16-9-5-2-6-10-16/h13-21H,1-12H2,(H,26,29)(H,27,30). The van der Waals surface area contributed by atoms with Crippen molar-refractivity contribution in [2.75, 3.05) is 0 Å². The lowest BCUT2D eigenvalue weighted by molar-refractivity contribution is -0.142. The first-order valence-corrected chi connectivity index (χ1v) is 12.9. The van der Waals surface area contributed by atoms with Crippen LogP contribution in [0.5, 0.6) is 0 Å². The van der Waals surface area contributed by atoms with Crippen molar-refractivity contribution in [3.05, 3.63) is 12.2 Å². The number of hydrogen-bond acceptors (Lipinski definition) is 4. The highest BCUT2D eigenvalue weighted by Gasteiger charge is 2.74. The van der Waals surface area contributed by atoms with Crippen molar-refractivity contribution >= 4 is 17.7 Å². The van der Waals surface area contributed by atoms with Gasteiger partial charge < -0.3 is 20.3 Å². The summed E-state index contributed by atoms with van der Waals surface area (Å²) < 4.78 is 6.41. The molecule has 7 nitrogen and oxygen atoms in total. The van der Waals surface area contributed by atoms with Gasteiger partial charge in [0.1, 0.15) is 11.6 Å². The van der Waals surface area contributed by atoms with E-state index in [4.69, 9.17) is 4.74 Å². The van der Waals surface area contributed by atoms with Crippen LogP contribution in [0.2, 0.25) is 0 Å². The lowest BCUT2D eigenvalue weighted by atomic mass is 9.74. The zero-order chi connectivity index (χ0) is 21.9. The molecule has 32 heavy (non-hydrogen) atoms. The van der Waals surface area contributed by atoms with Gasteiger partial charge in [0.2, 0.25) is 17.7 Å². The molecule has 6 rings (SSSR count). The Morgan fingerprint density at radius 1 is 0.875 bits per heavy atom. The fourth-order valence-electron chi connectivity index (χ4n) is 7.02. The SMILES string of the molecule is O=C(NC1CCCCC1)C1C2C=CC3(O2)C1C(=O)N(C1CC1)C3C(=O)NC1CCCCC1. The third-order valence-electron chi connectivity index (χ3n) is 8.71. The fourth-order valence-corrected chi connectivity index (χ4v) is 7.02. The molecule has 3 heterocycles. The average Bonchev–Trinajstić information content (AvgIpc) is 3.39. The molecule has 5 fully saturated rings. The van der Waals surface area contributed by atoms with Crippen LogP contribution in [-0.4, -0.2) is 58.5 Å². The molecule has 5 unspecified atom stereocenters. The van der Waals surface area contributed by atoms with Crippen molar-refractivity contribution in [3.63, 3.8) is 0 Å². The number of amides is 3. The molecule has 2 N–H and O–H groups in total. The predicted octanol–water partition coefficient (Wildman–Crippen LogP) is 2.20. The summed E-state index contributed by atoms with van der Waals surface area (Å²) in [7, 11) is 0. The lowest BCUT2D eigenvalue weighted by Gasteiger charge is -2.34. The van der Waals surface area contributed by atoms with E-state index < -0.39 is 29.6 Å². The van der Waals surface area contributed by atoms with E-state index in [2.05, 4.69) is 10.6 Å². The molecule has 3 aliphatic heterocycles. The van der Waals surface area contributed by atoms with Crippen LogP contribution >= 0.6 is 0 Å². The molecule has 2 bridgehead atoms. The molecule has 1 spiro atoms. The number of carbonyl (C=O) groups is 3. The highest BCUT2D eigenvalue weighted by atomic mass is 16.5. The van der Waals surface area contributed by atoms with Crippen molar-refractivity contribution in [2.45, 2.75) is 113 Å². The van der Waals surface area contributed by atoms with Gasteiger partial charge in [-0.1, -0.05) is 50.7 Å². The van der Waals surface area contributed by atoms with Gasteiger partial charge in [-0.2, -0.15) is 0 Å². The number of fused-ring (bicyclic) bond motifs is 1. The molecule has 3 aliphatic carbocycles. The normalized spacial score (nSPS) is 39.4. The summed E-state index contributed by atoms with van der Waals surface area (Å²) in [5.74, 6) is -1.37. The number of rotatable bonds is 5. The second kappa shape index (κ2) is 7.86. The van der Waals surface area contributed by atoms with Crippen LogP contribution in [0.25, 0.3) is 0 Å². The highest BCUT2D eigenvalue weighted by molar-refractivity contribution is 6.00. The van der Waals surface area contributed by atoms with Gasteiger partial charge in [0.05, 0.1) is 17.9 Å². The van der Waals surface area contributed by atoms with Crippen molar-refractivity contribution in [2.24, 2.45) is 11.8 Å². The van der Waals surface area contributed by atoms with Gasteiger partial charge in [0, 0.05) is 18.1 Å². The van der Waals surface area contributed by atoms with Crippen molar-refractivity contribution in [3.8, 4) is 0 Å². The molecule has 7 heteroatoms. The largest absolute Gasteiger partial charge is 0.359 e. The minimum Gasteiger partial charge on any atom is -0.359 e. The van der Waals surface area contributed by atoms with E-state index in [1.54, 1.807) is 4.90 Å². The zero-order valence-electron chi connectivity index (χ0n) is 18.8. The van der Waals surface area contributed by atoms with Crippen LogP contribution in [0, 0.1) is 11.8 Å². The van der Waals surface area contributed by atoms with Crippen molar-refractivity contribution in [1.29, 1.82) is 0 Å². The third-order valence-corrected chi connectivity index (χ3v) is 8.71. The van der Waals surface area contributed by atoms with E-state index in [0.717, 1.165) is 64.2 Å². The summed E-state index contributed by atoms with van der Waals surface area (Å²) >= 11 is 0.